The van der Waals surface area contributed by atoms with Gasteiger partial charge < -0.3 is 0 Å². The third-order valence-corrected chi connectivity index (χ3v) is 8.91. The van der Waals surface area contributed by atoms with Crippen molar-refractivity contribution in [2.45, 2.75) is 0 Å². The van der Waals surface area contributed by atoms with Crippen molar-refractivity contribution in [3.63, 3.8) is 0 Å². The lowest BCUT2D eigenvalue weighted by molar-refractivity contribution is 1.07. The first-order valence-corrected chi connectivity index (χ1v) is 16.4. The number of hydrogen-bond acceptors (Lipinski definition) is 3. The summed E-state index contributed by atoms with van der Waals surface area (Å²) in [7, 11) is 0. The summed E-state index contributed by atoms with van der Waals surface area (Å²) in [6.45, 7) is 0. The summed E-state index contributed by atoms with van der Waals surface area (Å²) in [5, 5.41) is 3.50. The van der Waals surface area contributed by atoms with Crippen LogP contribution in [0.5, 0.6) is 0 Å². The lowest BCUT2D eigenvalue weighted by atomic mass is 9.92. The fourth-order valence-corrected chi connectivity index (χ4v) is 6.63. The highest BCUT2D eigenvalue weighted by molar-refractivity contribution is 6.35. The van der Waals surface area contributed by atoms with Crippen LogP contribution in [0.4, 0.5) is 0 Å². The first-order chi connectivity index (χ1) is 23.6. The molecular formula is C43H27Cl2N3. The van der Waals surface area contributed by atoms with Crippen LogP contribution in [0, 0.1) is 0 Å². The van der Waals surface area contributed by atoms with Crippen molar-refractivity contribution in [1.29, 1.82) is 0 Å². The molecule has 0 saturated heterocycles. The first kappa shape index (κ1) is 29.8. The standard InChI is InChI=1S/C43H27Cl2N3/c44-35-25-34(26-36(45)27-35)38-24-23-37(39-13-7-8-14-40(38)39)30-17-21-33(22-18-30)43-47-41(31-11-5-2-6-12-31)46-42(48-43)32-19-15-29(16-20-32)28-9-3-1-4-10-28/h1-27H. The van der Waals surface area contributed by atoms with Gasteiger partial charge >= 0.3 is 0 Å². The van der Waals surface area contributed by atoms with E-state index < -0.39 is 0 Å². The molecule has 48 heavy (non-hydrogen) atoms. The summed E-state index contributed by atoms with van der Waals surface area (Å²) in [6.07, 6.45) is 0. The van der Waals surface area contributed by atoms with Gasteiger partial charge in [0.15, 0.2) is 17.5 Å². The van der Waals surface area contributed by atoms with Gasteiger partial charge in [-0.05, 0) is 62.4 Å². The minimum absolute atomic E-state index is 0.613. The summed E-state index contributed by atoms with van der Waals surface area (Å²) >= 11 is 12.7. The lowest BCUT2D eigenvalue weighted by Gasteiger charge is -2.13. The minimum Gasteiger partial charge on any atom is -0.208 e. The largest absolute Gasteiger partial charge is 0.208 e. The summed E-state index contributed by atoms with van der Waals surface area (Å²) in [4.78, 5) is 14.8. The molecule has 0 bridgehead atoms. The van der Waals surface area contributed by atoms with E-state index in [0.29, 0.717) is 27.5 Å². The number of fused-ring (bicyclic) bond motifs is 1. The molecule has 228 valence electrons. The molecule has 1 aromatic heterocycles. The second-order valence-electron chi connectivity index (χ2n) is 11.6. The van der Waals surface area contributed by atoms with Crippen LogP contribution in [0.1, 0.15) is 0 Å². The van der Waals surface area contributed by atoms with Gasteiger partial charge in [-0.2, -0.15) is 0 Å². The van der Waals surface area contributed by atoms with E-state index in [1.807, 2.05) is 60.7 Å². The van der Waals surface area contributed by atoms with Gasteiger partial charge in [0.05, 0.1) is 0 Å². The zero-order valence-corrected chi connectivity index (χ0v) is 27.2. The van der Waals surface area contributed by atoms with E-state index in [0.717, 1.165) is 55.3 Å². The molecule has 5 heteroatoms. The Morgan fingerprint density at radius 2 is 0.646 bits per heavy atom. The van der Waals surface area contributed by atoms with Gasteiger partial charge in [-0.15, -0.1) is 0 Å². The number of halogens is 2. The van der Waals surface area contributed by atoms with Gasteiger partial charge in [0.2, 0.25) is 0 Å². The molecule has 0 aliphatic rings. The number of hydrogen-bond donors (Lipinski definition) is 0. The normalized spacial score (nSPS) is 11.1. The van der Waals surface area contributed by atoms with E-state index in [1.54, 1.807) is 6.07 Å². The Hall–Kier alpha value is -5.61. The highest BCUT2D eigenvalue weighted by atomic mass is 35.5. The Kier molecular flexibility index (Phi) is 7.99. The first-order valence-electron chi connectivity index (χ1n) is 15.7. The van der Waals surface area contributed by atoms with E-state index in [-0.39, 0.29) is 0 Å². The predicted octanol–water partition coefficient (Wildman–Crippen LogP) is 12.3. The third-order valence-electron chi connectivity index (χ3n) is 8.47. The number of aromatic nitrogens is 3. The van der Waals surface area contributed by atoms with Crippen molar-refractivity contribution in [3.05, 3.63) is 174 Å². The van der Waals surface area contributed by atoms with Gasteiger partial charge in [-0.3, -0.25) is 0 Å². The van der Waals surface area contributed by atoms with E-state index in [1.165, 1.54) is 5.56 Å². The fourth-order valence-electron chi connectivity index (χ4n) is 6.10. The fraction of sp³-hybridized carbons (Fsp3) is 0. The van der Waals surface area contributed by atoms with Crippen LogP contribution in [0.25, 0.3) is 78.3 Å². The van der Waals surface area contributed by atoms with Crippen molar-refractivity contribution in [3.8, 4) is 67.5 Å². The molecule has 7 aromatic carbocycles. The van der Waals surface area contributed by atoms with Gasteiger partial charge in [0.1, 0.15) is 0 Å². The molecule has 0 N–H and O–H groups in total. The Morgan fingerprint density at radius 1 is 0.292 bits per heavy atom. The molecule has 0 aliphatic heterocycles. The minimum atomic E-state index is 0.613. The maximum atomic E-state index is 6.36. The average molecular weight is 657 g/mol. The highest BCUT2D eigenvalue weighted by Crippen LogP contribution is 2.38. The van der Waals surface area contributed by atoms with Gasteiger partial charge in [-0.1, -0.05) is 169 Å². The van der Waals surface area contributed by atoms with Crippen molar-refractivity contribution < 1.29 is 0 Å². The molecule has 0 atom stereocenters. The molecule has 0 fully saturated rings. The summed E-state index contributed by atoms with van der Waals surface area (Å²) < 4.78 is 0. The van der Waals surface area contributed by atoms with Crippen molar-refractivity contribution >= 4 is 34.0 Å². The molecule has 0 spiro atoms. The van der Waals surface area contributed by atoms with Crippen molar-refractivity contribution in [2.75, 3.05) is 0 Å². The number of nitrogens with zero attached hydrogens (tertiary/aromatic N) is 3. The summed E-state index contributed by atoms with van der Waals surface area (Å²) in [5.41, 5.74) is 9.39. The topological polar surface area (TPSA) is 38.7 Å². The van der Waals surface area contributed by atoms with Gasteiger partial charge in [-0.25, -0.2) is 15.0 Å². The molecule has 8 rings (SSSR count). The molecular weight excluding hydrogens is 629 g/mol. The second-order valence-corrected chi connectivity index (χ2v) is 12.4. The number of benzene rings is 7. The van der Waals surface area contributed by atoms with Crippen LogP contribution >= 0.6 is 23.2 Å². The molecule has 3 nitrogen and oxygen atoms in total. The predicted molar refractivity (Wildman–Crippen MR) is 200 cm³/mol. The molecule has 8 aromatic rings. The number of rotatable bonds is 6. The van der Waals surface area contributed by atoms with Crippen LogP contribution in [-0.2, 0) is 0 Å². The zero-order valence-electron chi connectivity index (χ0n) is 25.7. The Bertz CT molecular complexity index is 2370. The Morgan fingerprint density at radius 3 is 1.15 bits per heavy atom. The molecule has 0 saturated carbocycles. The molecule has 0 amide bonds. The maximum absolute atomic E-state index is 6.36. The lowest BCUT2D eigenvalue weighted by Crippen LogP contribution is -2.00. The van der Waals surface area contributed by atoms with E-state index in [2.05, 4.69) is 97.1 Å². The van der Waals surface area contributed by atoms with Crippen LogP contribution in [0.2, 0.25) is 10.0 Å². The zero-order chi connectivity index (χ0) is 32.5. The van der Waals surface area contributed by atoms with E-state index >= 15 is 0 Å². The molecule has 0 aliphatic carbocycles. The average Bonchev–Trinajstić information content (AvgIpc) is 3.15. The van der Waals surface area contributed by atoms with Crippen molar-refractivity contribution in [2.24, 2.45) is 0 Å². The quantitative estimate of drug-likeness (QED) is 0.179. The smallest absolute Gasteiger partial charge is 0.164 e. The van der Waals surface area contributed by atoms with Gasteiger partial charge in [0.25, 0.3) is 0 Å². The van der Waals surface area contributed by atoms with Crippen LogP contribution in [0.3, 0.4) is 0 Å². The Labute approximate surface area is 289 Å². The molecule has 0 radical (unpaired) electrons. The monoisotopic (exact) mass is 655 g/mol. The summed E-state index contributed by atoms with van der Waals surface area (Å²) in [5.74, 6) is 1.88. The SMILES string of the molecule is Clc1cc(Cl)cc(-c2ccc(-c3ccc(-c4nc(-c5ccccc5)nc(-c5ccc(-c6ccccc6)cc5)n4)cc3)c3ccccc23)c1. The third kappa shape index (κ3) is 5.98. The van der Waals surface area contributed by atoms with E-state index in [4.69, 9.17) is 38.2 Å². The van der Waals surface area contributed by atoms with Crippen LogP contribution in [0.15, 0.2) is 164 Å². The van der Waals surface area contributed by atoms with Crippen LogP contribution in [-0.4, -0.2) is 15.0 Å². The van der Waals surface area contributed by atoms with Crippen LogP contribution < -0.4 is 0 Å². The second kappa shape index (κ2) is 12.9. The molecule has 0 unspecified atom stereocenters. The van der Waals surface area contributed by atoms with Crippen molar-refractivity contribution in [1.82, 2.24) is 15.0 Å². The maximum Gasteiger partial charge on any atom is 0.164 e. The Balaban J connectivity index is 1.18. The molecule has 1 heterocycles. The highest BCUT2D eigenvalue weighted by Gasteiger charge is 2.14. The van der Waals surface area contributed by atoms with E-state index in [9.17, 15) is 0 Å². The summed E-state index contributed by atoms with van der Waals surface area (Å²) in [6, 6.07) is 55.6. The van der Waals surface area contributed by atoms with Gasteiger partial charge in [0, 0.05) is 26.7 Å².